The van der Waals surface area contributed by atoms with E-state index < -0.39 is 0 Å². The van der Waals surface area contributed by atoms with Crippen LogP contribution in [0.1, 0.15) is 38.1 Å². The highest BCUT2D eigenvalue weighted by Gasteiger charge is 2.25. The summed E-state index contributed by atoms with van der Waals surface area (Å²) in [7, 11) is 0. The largest absolute Gasteiger partial charge is 0.333 e. The van der Waals surface area contributed by atoms with Crippen molar-refractivity contribution in [1.82, 2.24) is 20.0 Å². The average molecular weight is 250 g/mol. The second-order valence-electron chi connectivity index (χ2n) is 5.90. The highest BCUT2D eigenvalue weighted by molar-refractivity contribution is 5.94. The third-order valence-electron chi connectivity index (χ3n) is 3.28. The van der Waals surface area contributed by atoms with Gasteiger partial charge in [-0.2, -0.15) is 5.10 Å². The van der Waals surface area contributed by atoms with E-state index in [0.29, 0.717) is 5.56 Å². The van der Waals surface area contributed by atoms with Crippen molar-refractivity contribution in [2.45, 2.75) is 39.3 Å². The number of amides is 1. The van der Waals surface area contributed by atoms with Crippen molar-refractivity contribution in [3.8, 4) is 0 Å². The van der Waals surface area contributed by atoms with E-state index in [9.17, 15) is 4.79 Å². The Hall–Kier alpha value is -1.36. The molecule has 1 aliphatic heterocycles. The van der Waals surface area contributed by atoms with Crippen molar-refractivity contribution >= 4 is 5.91 Å². The summed E-state index contributed by atoms with van der Waals surface area (Å²) < 4.78 is 1.84. The van der Waals surface area contributed by atoms with E-state index in [4.69, 9.17) is 0 Å². The van der Waals surface area contributed by atoms with Crippen molar-refractivity contribution in [2.24, 2.45) is 0 Å². The van der Waals surface area contributed by atoms with Gasteiger partial charge in [0.25, 0.3) is 5.91 Å². The van der Waals surface area contributed by atoms with Gasteiger partial charge in [0, 0.05) is 31.9 Å². The molecule has 1 aliphatic rings. The maximum Gasteiger partial charge on any atom is 0.257 e. The fraction of sp³-hybridized carbons (Fsp3) is 0.692. The van der Waals surface area contributed by atoms with Gasteiger partial charge in [-0.05, 0) is 27.7 Å². The van der Waals surface area contributed by atoms with Crippen LogP contribution in [0.3, 0.4) is 0 Å². The zero-order valence-corrected chi connectivity index (χ0v) is 11.6. The first-order valence-corrected chi connectivity index (χ1v) is 6.46. The average Bonchev–Trinajstić information content (AvgIpc) is 2.77. The predicted octanol–water partition coefficient (Wildman–Crippen LogP) is 1.07. The fourth-order valence-electron chi connectivity index (χ4n) is 2.11. The van der Waals surface area contributed by atoms with Gasteiger partial charge in [-0.3, -0.25) is 9.48 Å². The predicted molar refractivity (Wildman–Crippen MR) is 70.6 cm³/mol. The van der Waals surface area contributed by atoms with E-state index >= 15 is 0 Å². The molecule has 1 unspecified atom stereocenters. The van der Waals surface area contributed by atoms with Gasteiger partial charge in [0.2, 0.25) is 0 Å². The molecule has 1 saturated heterocycles. The highest BCUT2D eigenvalue weighted by Crippen LogP contribution is 2.15. The lowest BCUT2D eigenvalue weighted by atomic mass is 10.1. The summed E-state index contributed by atoms with van der Waals surface area (Å²) in [6.45, 7) is 10.8. The van der Waals surface area contributed by atoms with Gasteiger partial charge < -0.3 is 10.2 Å². The maximum atomic E-state index is 12.4. The Morgan fingerprint density at radius 2 is 2.22 bits per heavy atom. The van der Waals surface area contributed by atoms with Crippen molar-refractivity contribution < 1.29 is 4.79 Å². The molecule has 1 aromatic rings. The molecule has 0 radical (unpaired) electrons. The third-order valence-corrected chi connectivity index (χ3v) is 3.28. The van der Waals surface area contributed by atoms with E-state index in [1.807, 2.05) is 15.8 Å². The van der Waals surface area contributed by atoms with Gasteiger partial charge in [-0.25, -0.2) is 0 Å². The molecule has 1 amide bonds. The Kier molecular flexibility index (Phi) is 3.43. The zero-order valence-electron chi connectivity index (χ0n) is 11.6. The second-order valence-corrected chi connectivity index (χ2v) is 5.90. The molecule has 2 rings (SSSR count). The Bertz CT molecular complexity index is 432. The van der Waals surface area contributed by atoms with Gasteiger partial charge in [0.05, 0.1) is 17.3 Å². The summed E-state index contributed by atoms with van der Waals surface area (Å²) in [6.07, 6.45) is 3.51. The molecule has 18 heavy (non-hydrogen) atoms. The Morgan fingerprint density at radius 3 is 2.78 bits per heavy atom. The summed E-state index contributed by atoms with van der Waals surface area (Å²) >= 11 is 0. The van der Waals surface area contributed by atoms with Crippen LogP contribution in [0, 0.1) is 0 Å². The Labute approximate surface area is 108 Å². The van der Waals surface area contributed by atoms with Crippen LogP contribution in [0.2, 0.25) is 0 Å². The number of nitrogens with zero attached hydrogens (tertiary/aromatic N) is 3. The Balaban J connectivity index is 2.16. The van der Waals surface area contributed by atoms with Gasteiger partial charge in [0.1, 0.15) is 0 Å². The maximum absolute atomic E-state index is 12.4. The first kappa shape index (κ1) is 13.1. The van der Waals surface area contributed by atoms with Gasteiger partial charge in [-0.1, -0.05) is 0 Å². The van der Waals surface area contributed by atoms with Crippen LogP contribution in [-0.2, 0) is 5.54 Å². The number of piperazine rings is 1. The van der Waals surface area contributed by atoms with E-state index in [0.717, 1.165) is 19.6 Å². The lowest BCUT2D eigenvalue weighted by Crippen LogP contribution is -2.52. The van der Waals surface area contributed by atoms with E-state index in [-0.39, 0.29) is 17.5 Å². The topological polar surface area (TPSA) is 50.2 Å². The summed E-state index contributed by atoms with van der Waals surface area (Å²) in [4.78, 5) is 14.3. The monoisotopic (exact) mass is 250 g/mol. The highest BCUT2D eigenvalue weighted by atomic mass is 16.2. The van der Waals surface area contributed by atoms with Crippen LogP contribution in [0.5, 0.6) is 0 Å². The molecule has 1 aromatic heterocycles. The zero-order chi connectivity index (χ0) is 13.3. The normalized spacial score (nSPS) is 21.1. The first-order chi connectivity index (χ1) is 8.39. The molecule has 5 heteroatoms. The van der Waals surface area contributed by atoms with Crippen LogP contribution < -0.4 is 5.32 Å². The summed E-state index contributed by atoms with van der Waals surface area (Å²) in [5.41, 5.74) is 0.590. The molecule has 0 aliphatic carbocycles. The quantitative estimate of drug-likeness (QED) is 0.811. The number of nitrogens with one attached hydrogen (secondary N) is 1. The molecule has 0 bridgehead atoms. The molecule has 0 spiro atoms. The van der Waals surface area contributed by atoms with Crippen molar-refractivity contribution in [3.05, 3.63) is 18.0 Å². The molecule has 2 heterocycles. The van der Waals surface area contributed by atoms with Crippen LogP contribution in [-0.4, -0.2) is 46.3 Å². The molecular weight excluding hydrogens is 228 g/mol. The van der Waals surface area contributed by atoms with Crippen LogP contribution in [0.15, 0.2) is 12.4 Å². The standard InChI is InChI=1S/C13H22N4O/c1-10-7-14-5-6-16(10)12(18)11-8-15-17(9-11)13(2,3)4/h8-10,14H,5-7H2,1-4H3. The van der Waals surface area contributed by atoms with E-state index in [1.54, 1.807) is 6.20 Å². The van der Waals surface area contributed by atoms with Crippen molar-refractivity contribution in [1.29, 1.82) is 0 Å². The van der Waals surface area contributed by atoms with E-state index in [1.165, 1.54) is 0 Å². The van der Waals surface area contributed by atoms with Crippen molar-refractivity contribution in [3.63, 3.8) is 0 Å². The summed E-state index contributed by atoms with van der Waals surface area (Å²) in [5.74, 6) is 0.0829. The van der Waals surface area contributed by atoms with E-state index in [2.05, 4.69) is 38.1 Å². The minimum absolute atomic E-state index is 0.0829. The Morgan fingerprint density at radius 1 is 1.50 bits per heavy atom. The number of aromatic nitrogens is 2. The molecule has 5 nitrogen and oxygen atoms in total. The molecule has 1 atom stereocenters. The first-order valence-electron chi connectivity index (χ1n) is 6.46. The fourth-order valence-corrected chi connectivity index (χ4v) is 2.11. The SMILES string of the molecule is CC1CNCCN1C(=O)c1cnn(C(C)(C)C)c1. The molecule has 1 fully saturated rings. The lowest BCUT2D eigenvalue weighted by Gasteiger charge is -2.33. The number of hydrogen-bond acceptors (Lipinski definition) is 3. The molecule has 100 valence electrons. The minimum atomic E-state index is -0.0897. The molecule has 1 N–H and O–H groups in total. The van der Waals surface area contributed by atoms with Gasteiger partial charge in [0.15, 0.2) is 0 Å². The van der Waals surface area contributed by atoms with Gasteiger partial charge in [-0.15, -0.1) is 0 Å². The van der Waals surface area contributed by atoms with Crippen LogP contribution in [0.25, 0.3) is 0 Å². The lowest BCUT2D eigenvalue weighted by molar-refractivity contribution is 0.0655. The number of rotatable bonds is 1. The van der Waals surface area contributed by atoms with Gasteiger partial charge >= 0.3 is 0 Å². The molecule has 0 aromatic carbocycles. The molecule has 0 saturated carbocycles. The number of carbonyl (C=O) groups excluding carboxylic acids is 1. The van der Waals surface area contributed by atoms with Crippen LogP contribution >= 0.6 is 0 Å². The number of hydrogen-bond donors (Lipinski definition) is 1. The smallest absolute Gasteiger partial charge is 0.257 e. The summed E-state index contributed by atoms with van der Waals surface area (Å²) in [6, 6.07) is 0.240. The van der Waals surface area contributed by atoms with Crippen molar-refractivity contribution in [2.75, 3.05) is 19.6 Å². The number of carbonyl (C=O) groups is 1. The minimum Gasteiger partial charge on any atom is -0.333 e. The van der Waals surface area contributed by atoms with Crippen LogP contribution in [0.4, 0.5) is 0 Å². The molecular formula is C13H22N4O. The second kappa shape index (κ2) is 4.72. The third kappa shape index (κ3) is 2.56. The summed E-state index contributed by atoms with van der Waals surface area (Å²) in [5, 5.41) is 7.57.